The van der Waals surface area contributed by atoms with Crippen LogP contribution in [0.25, 0.3) is 5.65 Å². The molecule has 9 heteroatoms. The molecule has 1 aliphatic heterocycles. The molecule has 0 aromatic carbocycles. The summed E-state index contributed by atoms with van der Waals surface area (Å²) in [6.45, 7) is 1.55. The van der Waals surface area contributed by atoms with Gasteiger partial charge in [-0.15, -0.1) is 0 Å². The Balaban J connectivity index is 1.36. The Morgan fingerprint density at radius 3 is 3.00 bits per heavy atom. The maximum absolute atomic E-state index is 12.4. The number of fused-ring (bicyclic) bond motifs is 1. The second kappa shape index (κ2) is 6.80. The molecule has 1 fully saturated rings. The number of rotatable bonds is 5. The van der Waals surface area contributed by atoms with E-state index in [1.807, 2.05) is 33.7 Å². The number of nitrogens with one attached hydrogen (secondary N) is 1. The van der Waals surface area contributed by atoms with Crippen molar-refractivity contribution in [3.8, 4) is 5.75 Å². The third-order valence-electron chi connectivity index (χ3n) is 4.42. The summed E-state index contributed by atoms with van der Waals surface area (Å²) in [4.78, 5) is 26.8. The standard InChI is InChI=1S/C17H17ClN6O2/c1-26-13-8-21-17(18)22-15(13)23-9-11(10-23)16(25)20-7-12-6-19-14-4-2-3-5-24(12)14/h2-6,8,11H,7,9-10H2,1H3,(H,20,25). The van der Waals surface area contributed by atoms with Crippen LogP contribution in [-0.4, -0.2) is 45.5 Å². The molecule has 8 nitrogen and oxygen atoms in total. The van der Waals surface area contributed by atoms with E-state index in [0.717, 1.165) is 11.3 Å². The Bertz CT molecular complexity index is 953. The molecule has 1 aliphatic rings. The van der Waals surface area contributed by atoms with Crippen LogP contribution in [0.5, 0.6) is 5.75 Å². The Kier molecular flexibility index (Phi) is 4.34. The molecule has 1 N–H and O–H groups in total. The highest BCUT2D eigenvalue weighted by atomic mass is 35.5. The summed E-state index contributed by atoms with van der Waals surface area (Å²) in [5, 5.41) is 3.13. The van der Waals surface area contributed by atoms with Gasteiger partial charge < -0.3 is 19.4 Å². The summed E-state index contributed by atoms with van der Waals surface area (Å²) < 4.78 is 7.21. The summed E-state index contributed by atoms with van der Waals surface area (Å²) in [5.41, 5.74) is 1.80. The van der Waals surface area contributed by atoms with Crippen molar-refractivity contribution < 1.29 is 9.53 Å². The average molecular weight is 373 g/mol. The Labute approximate surface area is 154 Å². The first kappa shape index (κ1) is 16.6. The minimum Gasteiger partial charge on any atom is -0.491 e. The van der Waals surface area contributed by atoms with Crippen molar-refractivity contribution >= 4 is 29.0 Å². The number of ether oxygens (including phenoxy) is 1. The molecule has 0 radical (unpaired) electrons. The molecule has 1 amide bonds. The lowest BCUT2D eigenvalue weighted by Crippen LogP contribution is -2.54. The summed E-state index contributed by atoms with van der Waals surface area (Å²) in [7, 11) is 1.55. The van der Waals surface area contributed by atoms with Crippen LogP contribution in [0.3, 0.4) is 0 Å². The Morgan fingerprint density at radius 2 is 2.19 bits per heavy atom. The molecule has 0 aliphatic carbocycles. The van der Waals surface area contributed by atoms with Gasteiger partial charge in [-0.3, -0.25) is 4.79 Å². The van der Waals surface area contributed by atoms with Crippen molar-refractivity contribution in [1.82, 2.24) is 24.7 Å². The fourth-order valence-corrected chi connectivity index (χ4v) is 3.10. The molecule has 26 heavy (non-hydrogen) atoms. The smallest absolute Gasteiger partial charge is 0.227 e. The highest BCUT2D eigenvalue weighted by molar-refractivity contribution is 6.28. The molecule has 3 aromatic rings. The monoisotopic (exact) mass is 372 g/mol. The zero-order valence-electron chi connectivity index (χ0n) is 14.1. The number of imidazole rings is 1. The molecule has 0 unspecified atom stereocenters. The van der Waals surface area contributed by atoms with E-state index < -0.39 is 0 Å². The summed E-state index contributed by atoms with van der Waals surface area (Å²) in [6.07, 6.45) is 5.24. The molecule has 0 atom stereocenters. The van der Waals surface area contributed by atoms with Gasteiger partial charge in [-0.1, -0.05) is 6.07 Å². The molecular formula is C17H17ClN6O2. The van der Waals surface area contributed by atoms with Crippen LogP contribution in [-0.2, 0) is 11.3 Å². The van der Waals surface area contributed by atoms with Crippen molar-refractivity contribution in [2.24, 2.45) is 5.92 Å². The van der Waals surface area contributed by atoms with E-state index in [9.17, 15) is 4.79 Å². The molecule has 0 saturated carbocycles. The molecular weight excluding hydrogens is 356 g/mol. The number of nitrogens with zero attached hydrogens (tertiary/aromatic N) is 5. The highest BCUT2D eigenvalue weighted by Crippen LogP contribution is 2.31. The van der Waals surface area contributed by atoms with E-state index in [-0.39, 0.29) is 17.1 Å². The Morgan fingerprint density at radius 1 is 1.35 bits per heavy atom. The van der Waals surface area contributed by atoms with Gasteiger partial charge in [-0.05, 0) is 23.7 Å². The van der Waals surface area contributed by atoms with E-state index in [0.29, 0.717) is 31.2 Å². The zero-order valence-corrected chi connectivity index (χ0v) is 14.8. The van der Waals surface area contributed by atoms with Gasteiger partial charge in [-0.2, -0.15) is 4.98 Å². The average Bonchev–Trinajstić information content (AvgIpc) is 3.02. The number of hydrogen-bond acceptors (Lipinski definition) is 6. The van der Waals surface area contributed by atoms with Crippen LogP contribution in [0.1, 0.15) is 5.69 Å². The number of pyridine rings is 1. The number of carbonyl (C=O) groups is 1. The van der Waals surface area contributed by atoms with Crippen molar-refractivity contribution in [3.05, 3.63) is 47.8 Å². The summed E-state index contributed by atoms with van der Waals surface area (Å²) in [6, 6.07) is 5.79. The third kappa shape index (κ3) is 3.03. The number of anilines is 1. The summed E-state index contributed by atoms with van der Waals surface area (Å²) >= 11 is 5.86. The largest absolute Gasteiger partial charge is 0.491 e. The lowest BCUT2D eigenvalue weighted by atomic mass is 9.99. The maximum Gasteiger partial charge on any atom is 0.227 e. The van der Waals surface area contributed by atoms with Gasteiger partial charge in [0.25, 0.3) is 0 Å². The van der Waals surface area contributed by atoms with E-state index in [1.54, 1.807) is 13.3 Å². The van der Waals surface area contributed by atoms with Gasteiger partial charge in [0, 0.05) is 19.3 Å². The van der Waals surface area contributed by atoms with E-state index in [1.165, 1.54) is 6.20 Å². The van der Waals surface area contributed by atoms with Crippen molar-refractivity contribution in [3.63, 3.8) is 0 Å². The fourth-order valence-electron chi connectivity index (χ4n) is 2.97. The van der Waals surface area contributed by atoms with Crippen molar-refractivity contribution in [2.45, 2.75) is 6.54 Å². The lowest BCUT2D eigenvalue weighted by molar-refractivity contribution is -0.125. The van der Waals surface area contributed by atoms with Gasteiger partial charge in [-0.25, -0.2) is 9.97 Å². The minimum atomic E-state index is -0.104. The normalized spacial score (nSPS) is 14.3. The number of halogens is 1. The predicted octanol–water partition coefficient (Wildman–Crippen LogP) is 1.54. The number of carbonyl (C=O) groups excluding carboxylic acids is 1. The van der Waals surface area contributed by atoms with E-state index in [4.69, 9.17) is 16.3 Å². The minimum absolute atomic E-state index is 0.00579. The van der Waals surface area contributed by atoms with Gasteiger partial charge in [0.1, 0.15) is 5.65 Å². The first-order valence-electron chi connectivity index (χ1n) is 8.16. The van der Waals surface area contributed by atoms with Crippen molar-refractivity contribution in [2.75, 3.05) is 25.1 Å². The van der Waals surface area contributed by atoms with Crippen molar-refractivity contribution in [1.29, 1.82) is 0 Å². The topological polar surface area (TPSA) is 84.7 Å². The number of methoxy groups -OCH3 is 1. The number of aromatic nitrogens is 4. The van der Waals surface area contributed by atoms with Gasteiger partial charge in [0.2, 0.25) is 11.2 Å². The predicted molar refractivity (Wildman–Crippen MR) is 96.3 cm³/mol. The second-order valence-corrected chi connectivity index (χ2v) is 6.37. The van der Waals surface area contributed by atoms with Crippen LogP contribution >= 0.6 is 11.6 Å². The number of hydrogen-bond donors (Lipinski definition) is 1. The second-order valence-electron chi connectivity index (χ2n) is 6.03. The van der Waals surface area contributed by atoms with Gasteiger partial charge in [0.05, 0.1) is 37.7 Å². The molecule has 4 rings (SSSR count). The molecule has 3 aromatic heterocycles. The lowest BCUT2D eigenvalue weighted by Gasteiger charge is -2.39. The molecule has 0 bridgehead atoms. The Hall–Kier alpha value is -2.87. The molecule has 0 spiro atoms. The maximum atomic E-state index is 12.4. The highest BCUT2D eigenvalue weighted by Gasteiger charge is 2.35. The molecule has 4 heterocycles. The molecule has 1 saturated heterocycles. The van der Waals surface area contributed by atoms with Gasteiger partial charge in [0.15, 0.2) is 11.6 Å². The first-order chi connectivity index (χ1) is 12.7. The van der Waals surface area contributed by atoms with Crippen LogP contribution in [0, 0.1) is 5.92 Å². The molecule has 134 valence electrons. The number of amides is 1. The van der Waals surface area contributed by atoms with Crippen LogP contribution in [0.2, 0.25) is 5.28 Å². The first-order valence-corrected chi connectivity index (χ1v) is 8.53. The zero-order chi connectivity index (χ0) is 18.1. The van der Waals surface area contributed by atoms with E-state index >= 15 is 0 Å². The quantitative estimate of drug-likeness (QED) is 0.684. The van der Waals surface area contributed by atoms with E-state index in [2.05, 4.69) is 20.3 Å². The van der Waals surface area contributed by atoms with Crippen LogP contribution in [0.15, 0.2) is 36.8 Å². The third-order valence-corrected chi connectivity index (χ3v) is 4.60. The van der Waals surface area contributed by atoms with Crippen LogP contribution < -0.4 is 15.0 Å². The SMILES string of the molecule is COc1cnc(Cl)nc1N1CC(C(=O)NCc2cnc3ccccn23)C1. The van der Waals surface area contributed by atoms with Crippen LogP contribution in [0.4, 0.5) is 5.82 Å². The summed E-state index contributed by atoms with van der Waals surface area (Å²) in [5.74, 6) is 1.05. The van der Waals surface area contributed by atoms with Gasteiger partial charge >= 0.3 is 0 Å². The fraction of sp³-hybridized carbons (Fsp3) is 0.294.